The second kappa shape index (κ2) is 6.12. The molecule has 0 aliphatic carbocycles. The number of aromatic nitrogens is 2. The second-order valence-corrected chi connectivity index (χ2v) is 5.11. The summed E-state index contributed by atoms with van der Waals surface area (Å²) in [6.45, 7) is 9.25. The SMILES string of the molecule is CCC(OC)c1noc(CCNC(C)(C)C)n1. The van der Waals surface area contributed by atoms with Crippen molar-refractivity contribution >= 4 is 0 Å². The summed E-state index contributed by atoms with van der Waals surface area (Å²) in [4.78, 5) is 4.33. The maximum absolute atomic E-state index is 5.26. The van der Waals surface area contributed by atoms with Crippen LogP contribution in [0.1, 0.15) is 51.9 Å². The monoisotopic (exact) mass is 241 g/mol. The molecule has 0 aliphatic rings. The Labute approximate surface area is 103 Å². The van der Waals surface area contributed by atoms with Crippen LogP contribution in [0.3, 0.4) is 0 Å². The number of nitrogens with one attached hydrogen (secondary N) is 1. The molecule has 0 spiro atoms. The smallest absolute Gasteiger partial charge is 0.228 e. The van der Waals surface area contributed by atoms with Gasteiger partial charge in [0, 0.05) is 25.6 Å². The third-order valence-corrected chi connectivity index (χ3v) is 2.42. The van der Waals surface area contributed by atoms with Crippen LogP contribution in [-0.2, 0) is 11.2 Å². The molecule has 0 bridgehead atoms. The van der Waals surface area contributed by atoms with E-state index in [0.717, 1.165) is 19.4 Å². The van der Waals surface area contributed by atoms with Crippen LogP contribution in [-0.4, -0.2) is 29.3 Å². The molecule has 1 unspecified atom stereocenters. The van der Waals surface area contributed by atoms with Gasteiger partial charge < -0.3 is 14.6 Å². The van der Waals surface area contributed by atoms with Crippen molar-refractivity contribution in [1.29, 1.82) is 0 Å². The Morgan fingerprint density at radius 2 is 2.12 bits per heavy atom. The molecule has 1 rings (SSSR count). The van der Waals surface area contributed by atoms with Gasteiger partial charge in [-0.2, -0.15) is 4.98 Å². The van der Waals surface area contributed by atoms with E-state index in [0.29, 0.717) is 11.7 Å². The summed E-state index contributed by atoms with van der Waals surface area (Å²) < 4.78 is 10.4. The highest BCUT2D eigenvalue weighted by Crippen LogP contribution is 2.16. The summed E-state index contributed by atoms with van der Waals surface area (Å²) in [6, 6.07) is 0. The quantitative estimate of drug-likeness (QED) is 0.826. The molecule has 5 heteroatoms. The number of hydrogen-bond donors (Lipinski definition) is 1. The maximum atomic E-state index is 5.26. The second-order valence-electron chi connectivity index (χ2n) is 5.11. The van der Waals surface area contributed by atoms with Crippen LogP contribution in [0.15, 0.2) is 4.52 Å². The minimum Gasteiger partial charge on any atom is -0.373 e. The van der Waals surface area contributed by atoms with Gasteiger partial charge in [-0.25, -0.2) is 0 Å². The van der Waals surface area contributed by atoms with Gasteiger partial charge in [0.1, 0.15) is 6.10 Å². The Kier molecular flexibility index (Phi) is 5.08. The molecule has 0 radical (unpaired) electrons. The largest absolute Gasteiger partial charge is 0.373 e. The lowest BCUT2D eigenvalue weighted by Gasteiger charge is -2.19. The van der Waals surface area contributed by atoms with E-state index >= 15 is 0 Å². The Balaban J connectivity index is 2.46. The minimum absolute atomic E-state index is 0.0666. The molecule has 98 valence electrons. The third kappa shape index (κ3) is 4.83. The number of nitrogens with zero attached hydrogens (tertiary/aromatic N) is 2. The van der Waals surface area contributed by atoms with Gasteiger partial charge in [0.2, 0.25) is 11.7 Å². The molecule has 17 heavy (non-hydrogen) atoms. The fourth-order valence-electron chi connectivity index (χ4n) is 1.50. The fraction of sp³-hybridized carbons (Fsp3) is 0.833. The summed E-state index contributed by atoms with van der Waals surface area (Å²) >= 11 is 0. The lowest BCUT2D eigenvalue weighted by Crippen LogP contribution is -2.37. The normalized spacial score (nSPS) is 13.9. The van der Waals surface area contributed by atoms with Gasteiger partial charge >= 0.3 is 0 Å². The predicted octanol–water partition coefficient (Wildman–Crippen LogP) is 2.10. The van der Waals surface area contributed by atoms with Gasteiger partial charge in [0.15, 0.2) is 0 Å². The van der Waals surface area contributed by atoms with Crippen molar-refractivity contribution < 1.29 is 9.26 Å². The van der Waals surface area contributed by atoms with Crippen LogP contribution in [0.4, 0.5) is 0 Å². The van der Waals surface area contributed by atoms with Crippen LogP contribution in [0, 0.1) is 0 Å². The zero-order valence-electron chi connectivity index (χ0n) is 11.4. The molecule has 0 aliphatic heterocycles. The summed E-state index contributed by atoms with van der Waals surface area (Å²) in [5.41, 5.74) is 0.112. The van der Waals surface area contributed by atoms with E-state index in [1.54, 1.807) is 7.11 Å². The average molecular weight is 241 g/mol. The van der Waals surface area contributed by atoms with Crippen molar-refractivity contribution in [3.8, 4) is 0 Å². The number of methoxy groups -OCH3 is 1. The Morgan fingerprint density at radius 1 is 1.41 bits per heavy atom. The lowest BCUT2D eigenvalue weighted by molar-refractivity contribution is 0.0903. The Bertz CT molecular complexity index is 327. The summed E-state index contributed by atoms with van der Waals surface area (Å²) in [5, 5.41) is 7.31. The summed E-state index contributed by atoms with van der Waals surface area (Å²) in [5.74, 6) is 1.30. The Hall–Kier alpha value is -0.940. The first-order valence-electron chi connectivity index (χ1n) is 6.06. The van der Waals surface area contributed by atoms with Crippen LogP contribution in [0.2, 0.25) is 0 Å². The van der Waals surface area contributed by atoms with Crippen LogP contribution in [0.5, 0.6) is 0 Å². The van der Waals surface area contributed by atoms with E-state index in [1.165, 1.54) is 0 Å². The van der Waals surface area contributed by atoms with Crippen molar-refractivity contribution in [1.82, 2.24) is 15.5 Å². The molecule has 0 fully saturated rings. The fourth-order valence-corrected chi connectivity index (χ4v) is 1.50. The standard InChI is InChI=1S/C12H23N3O2/c1-6-9(16-5)11-14-10(17-15-11)7-8-13-12(2,3)4/h9,13H,6-8H2,1-5H3. The van der Waals surface area contributed by atoms with Crippen LogP contribution >= 0.6 is 0 Å². The zero-order chi connectivity index (χ0) is 12.9. The highest BCUT2D eigenvalue weighted by Gasteiger charge is 2.16. The molecular formula is C12H23N3O2. The molecule has 1 N–H and O–H groups in total. The first-order chi connectivity index (χ1) is 7.96. The van der Waals surface area contributed by atoms with E-state index in [4.69, 9.17) is 9.26 Å². The number of rotatable bonds is 6. The van der Waals surface area contributed by atoms with E-state index in [1.807, 2.05) is 6.92 Å². The summed E-state index contributed by atoms with van der Waals surface area (Å²) in [6.07, 6.45) is 1.52. The molecule has 5 nitrogen and oxygen atoms in total. The highest BCUT2D eigenvalue weighted by atomic mass is 16.5. The van der Waals surface area contributed by atoms with Crippen molar-refractivity contribution in [3.63, 3.8) is 0 Å². The Morgan fingerprint density at radius 3 is 2.65 bits per heavy atom. The van der Waals surface area contributed by atoms with E-state index in [2.05, 4.69) is 36.2 Å². The van der Waals surface area contributed by atoms with Crippen molar-refractivity contribution in [3.05, 3.63) is 11.7 Å². The molecule has 0 aromatic carbocycles. The maximum Gasteiger partial charge on any atom is 0.228 e. The number of ether oxygens (including phenoxy) is 1. The summed E-state index contributed by atoms with van der Waals surface area (Å²) in [7, 11) is 1.66. The van der Waals surface area contributed by atoms with Crippen molar-refractivity contribution in [2.24, 2.45) is 0 Å². The van der Waals surface area contributed by atoms with E-state index < -0.39 is 0 Å². The molecule has 0 amide bonds. The molecular weight excluding hydrogens is 218 g/mol. The van der Waals surface area contributed by atoms with Gasteiger partial charge in [-0.05, 0) is 27.2 Å². The average Bonchev–Trinajstić information content (AvgIpc) is 2.67. The van der Waals surface area contributed by atoms with Gasteiger partial charge in [0.25, 0.3) is 0 Å². The topological polar surface area (TPSA) is 60.2 Å². The van der Waals surface area contributed by atoms with Gasteiger partial charge in [0.05, 0.1) is 0 Å². The van der Waals surface area contributed by atoms with Crippen LogP contribution in [0.25, 0.3) is 0 Å². The first-order valence-corrected chi connectivity index (χ1v) is 6.06. The highest BCUT2D eigenvalue weighted by molar-refractivity contribution is 4.91. The van der Waals surface area contributed by atoms with Crippen molar-refractivity contribution in [2.45, 2.75) is 52.2 Å². The first kappa shape index (κ1) is 14.1. The molecule has 0 saturated carbocycles. The molecule has 1 atom stereocenters. The van der Waals surface area contributed by atoms with Crippen molar-refractivity contribution in [2.75, 3.05) is 13.7 Å². The van der Waals surface area contributed by atoms with Gasteiger partial charge in [-0.1, -0.05) is 12.1 Å². The molecule has 1 aromatic heterocycles. The lowest BCUT2D eigenvalue weighted by atomic mass is 10.1. The zero-order valence-corrected chi connectivity index (χ0v) is 11.4. The van der Waals surface area contributed by atoms with E-state index in [9.17, 15) is 0 Å². The molecule has 1 aromatic rings. The predicted molar refractivity (Wildman–Crippen MR) is 65.8 cm³/mol. The third-order valence-electron chi connectivity index (χ3n) is 2.42. The molecule has 1 heterocycles. The number of hydrogen-bond acceptors (Lipinski definition) is 5. The van der Waals surface area contributed by atoms with Gasteiger partial charge in [-0.15, -0.1) is 0 Å². The minimum atomic E-state index is -0.0666. The molecule has 0 saturated heterocycles. The van der Waals surface area contributed by atoms with Crippen LogP contribution < -0.4 is 5.32 Å². The van der Waals surface area contributed by atoms with E-state index in [-0.39, 0.29) is 11.6 Å². The van der Waals surface area contributed by atoms with Gasteiger partial charge in [-0.3, -0.25) is 0 Å².